The fraction of sp³-hybridized carbons (Fsp3) is 0.500. The minimum Gasteiger partial charge on any atom is -0.508 e. The molecule has 0 aromatic heterocycles. The van der Waals surface area contributed by atoms with Crippen LogP contribution in [-0.2, 0) is 9.53 Å². The average Bonchev–Trinajstić information content (AvgIpc) is 2.28. The summed E-state index contributed by atoms with van der Waals surface area (Å²) >= 11 is 0. The van der Waals surface area contributed by atoms with Crippen LogP contribution in [0.4, 0.5) is 0 Å². The topological polar surface area (TPSA) is 58.6 Å². The van der Waals surface area contributed by atoms with Crippen LogP contribution in [0.15, 0.2) is 24.3 Å². The summed E-state index contributed by atoms with van der Waals surface area (Å²) in [4.78, 5) is 11.6. The molecular weight excluding hydrogens is 230 g/mol. The molecule has 0 radical (unpaired) electrons. The number of aromatic hydroxyl groups is 1. The smallest absolute Gasteiger partial charge is 0.222 e. The SMILES string of the molecule is CC(C)OCCC(=O)N[C@H](C)c1cccc(O)c1. The van der Waals surface area contributed by atoms with Crippen LogP contribution in [0.5, 0.6) is 5.75 Å². The van der Waals surface area contributed by atoms with E-state index in [1.165, 1.54) is 0 Å². The van der Waals surface area contributed by atoms with E-state index in [0.717, 1.165) is 5.56 Å². The van der Waals surface area contributed by atoms with Gasteiger partial charge < -0.3 is 15.2 Å². The standard InChI is InChI=1S/C14H21NO3/c1-10(2)18-8-7-14(17)15-11(3)12-5-4-6-13(16)9-12/h4-6,9-11,16H,7-8H2,1-3H3,(H,15,17)/t11-/m1/s1. The number of benzene rings is 1. The number of phenols is 1. The lowest BCUT2D eigenvalue weighted by Gasteiger charge is -2.15. The quantitative estimate of drug-likeness (QED) is 0.816. The molecule has 1 atom stereocenters. The van der Waals surface area contributed by atoms with Gasteiger partial charge in [0.25, 0.3) is 0 Å². The Bertz CT molecular complexity index is 390. The predicted molar refractivity (Wildman–Crippen MR) is 70.4 cm³/mol. The van der Waals surface area contributed by atoms with E-state index in [0.29, 0.717) is 13.0 Å². The minimum absolute atomic E-state index is 0.0495. The molecule has 1 amide bonds. The number of carbonyl (C=O) groups excluding carboxylic acids is 1. The van der Waals surface area contributed by atoms with Gasteiger partial charge in [-0.1, -0.05) is 12.1 Å². The number of rotatable bonds is 6. The van der Waals surface area contributed by atoms with E-state index in [2.05, 4.69) is 5.32 Å². The summed E-state index contributed by atoms with van der Waals surface area (Å²) in [5, 5.41) is 12.2. The Morgan fingerprint density at radius 3 is 2.72 bits per heavy atom. The molecule has 100 valence electrons. The van der Waals surface area contributed by atoms with Crippen molar-refractivity contribution in [2.45, 2.75) is 39.3 Å². The Morgan fingerprint density at radius 1 is 1.39 bits per heavy atom. The highest BCUT2D eigenvalue weighted by Gasteiger charge is 2.10. The van der Waals surface area contributed by atoms with Crippen LogP contribution >= 0.6 is 0 Å². The molecule has 18 heavy (non-hydrogen) atoms. The summed E-state index contributed by atoms with van der Waals surface area (Å²) < 4.78 is 5.32. The molecule has 0 aliphatic heterocycles. The number of hydrogen-bond donors (Lipinski definition) is 2. The molecule has 0 spiro atoms. The molecule has 4 nitrogen and oxygen atoms in total. The van der Waals surface area contributed by atoms with E-state index >= 15 is 0 Å². The monoisotopic (exact) mass is 251 g/mol. The number of nitrogens with one attached hydrogen (secondary N) is 1. The second-order valence-electron chi connectivity index (χ2n) is 4.55. The molecule has 0 bridgehead atoms. The first kappa shape index (κ1) is 14.5. The highest BCUT2D eigenvalue weighted by Crippen LogP contribution is 2.17. The molecular formula is C14H21NO3. The van der Waals surface area contributed by atoms with Crippen LogP contribution in [0.1, 0.15) is 38.8 Å². The molecule has 1 rings (SSSR count). The third-order valence-electron chi connectivity index (χ3n) is 2.53. The molecule has 1 aromatic rings. The maximum absolute atomic E-state index is 11.6. The van der Waals surface area contributed by atoms with Crippen LogP contribution in [0.25, 0.3) is 0 Å². The minimum atomic E-state index is -0.122. The average molecular weight is 251 g/mol. The summed E-state index contributed by atoms with van der Waals surface area (Å²) in [6.45, 7) is 6.19. The van der Waals surface area contributed by atoms with Gasteiger partial charge in [0.15, 0.2) is 0 Å². The lowest BCUT2D eigenvalue weighted by molar-refractivity contribution is -0.123. The number of carbonyl (C=O) groups is 1. The number of phenolic OH excluding ortho intramolecular Hbond substituents is 1. The molecule has 0 fully saturated rings. The second kappa shape index (κ2) is 7.01. The van der Waals surface area contributed by atoms with Gasteiger partial charge in [0, 0.05) is 6.42 Å². The van der Waals surface area contributed by atoms with Gasteiger partial charge in [0.1, 0.15) is 5.75 Å². The van der Waals surface area contributed by atoms with Gasteiger partial charge in [-0.05, 0) is 38.5 Å². The Morgan fingerprint density at radius 2 is 2.11 bits per heavy atom. The van der Waals surface area contributed by atoms with E-state index < -0.39 is 0 Å². The zero-order valence-corrected chi connectivity index (χ0v) is 11.1. The molecule has 2 N–H and O–H groups in total. The summed E-state index contributed by atoms with van der Waals surface area (Å²) in [5.74, 6) is 0.156. The zero-order chi connectivity index (χ0) is 13.5. The Balaban J connectivity index is 2.40. The second-order valence-corrected chi connectivity index (χ2v) is 4.55. The van der Waals surface area contributed by atoms with E-state index in [1.807, 2.05) is 26.8 Å². The molecule has 0 saturated carbocycles. The number of hydrogen-bond acceptors (Lipinski definition) is 3. The fourth-order valence-corrected chi connectivity index (χ4v) is 1.58. The Labute approximate surface area is 108 Å². The van der Waals surface area contributed by atoms with E-state index in [-0.39, 0.29) is 23.8 Å². The van der Waals surface area contributed by atoms with Gasteiger partial charge in [-0.3, -0.25) is 4.79 Å². The first-order valence-corrected chi connectivity index (χ1v) is 6.19. The summed E-state index contributed by atoms with van der Waals surface area (Å²) in [6.07, 6.45) is 0.489. The lowest BCUT2D eigenvalue weighted by Crippen LogP contribution is -2.27. The number of amides is 1. The van der Waals surface area contributed by atoms with Crippen LogP contribution in [-0.4, -0.2) is 23.7 Å². The van der Waals surface area contributed by atoms with Crippen molar-refractivity contribution in [2.75, 3.05) is 6.61 Å². The van der Waals surface area contributed by atoms with Gasteiger partial charge >= 0.3 is 0 Å². The zero-order valence-electron chi connectivity index (χ0n) is 11.1. The normalized spacial score (nSPS) is 12.4. The number of ether oxygens (including phenoxy) is 1. The van der Waals surface area contributed by atoms with E-state index in [4.69, 9.17) is 4.74 Å². The predicted octanol–water partition coefficient (Wildman–Crippen LogP) is 2.38. The maximum atomic E-state index is 11.6. The molecule has 0 aliphatic carbocycles. The van der Waals surface area contributed by atoms with Crippen molar-refractivity contribution < 1.29 is 14.6 Å². The van der Waals surface area contributed by atoms with Gasteiger partial charge in [0.2, 0.25) is 5.91 Å². The first-order chi connectivity index (χ1) is 8.49. The molecule has 0 unspecified atom stereocenters. The fourth-order valence-electron chi connectivity index (χ4n) is 1.58. The van der Waals surface area contributed by atoms with Crippen LogP contribution in [0.2, 0.25) is 0 Å². The third kappa shape index (κ3) is 5.19. The van der Waals surface area contributed by atoms with Crippen LogP contribution in [0.3, 0.4) is 0 Å². The Kier molecular flexibility index (Phi) is 5.65. The van der Waals surface area contributed by atoms with E-state index in [9.17, 15) is 9.90 Å². The summed E-state index contributed by atoms with van der Waals surface area (Å²) in [5.41, 5.74) is 0.883. The van der Waals surface area contributed by atoms with Crippen molar-refractivity contribution in [3.8, 4) is 5.75 Å². The van der Waals surface area contributed by atoms with Crippen molar-refractivity contribution in [3.63, 3.8) is 0 Å². The molecule has 0 saturated heterocycles. The first-order valence-electron chi connectivity index (χ1n) is 6.19. The van der Waals surface area contributed by atoms with Gasteiger partial charge in [-0.15, -0.1) is 0 Å². The van der Waals surface area contributed by atoms with Crippen molar-refractivity contribution in [1.29, 1.82) is 0 Å². The van der Waals surface area contributed by atoms with Crippen molar-refractivity contribution in [3.05, 3.63) is 29.8 Å². The van der Waals surface area contributed by atoms with Crippen LogP contribution < -0.4 is 5.32 Å². The van der Waals surface area contributed by atoms with Gasteiger partial charge in [-0.25, -0.2) is 0 Å². The van der Waals surface area contributed by atoms with Gasteiger partial charge in [-0.2, -0.15) is 0 Å². The highest BCUT2D eigenvalue weighted by molar-refractivity contribution is 5.76. The maximum Gasteiger partial charge on any atom is 0.222 e. The lowest BCUT2D eigenvalue weighted by atomic mass is 10.1. The third-order valence-corrected chi connectivity index (χ3v) is 2.53. The Hall–Kier alpha value is -1.55. The van der Waals surface area contributed by atoms with Crippen LogP contribution in [0, 0.1) is 0 Å². The molecule has 0 aliphatic rings. The van der Waals surface area contributed by atoms with Crippen molar-refractivity contribution in [1.82, 2.24) is 5.32 Å². The largest absolute Gasteiger partial charge is 0.508 e. The van der Waals surface area contributed by atoms with Crippen molar-refractivity contribution in [2.24, 2.45) is 0 Å². The molecule has 0 heterocycles. The summed E-state index contributed by atoms with van der Waals surface area (Å²) in [7, 11) is 0. The highest BCUT2D eigenvalue weighted by atomic mass is 16.5. The van der Waals surface area contributed by atoms with E-state index in [1.54, 1.807) is 18.2 Å². The van der Waals surface area contributed by atoms with Gasteiger partial charge in [0.05, 0.1) is 18.8 Å². The molecule has 4 heteroatoms. The summed E-state index contributed by atoms with van der Waals surface area (Å²) in [6, 6.07) is 6.76. The van der Waals surface area contributed by atoms with Crippen molar-refractivity contribution >= 4 is 5.91 Å². The molecule has 1 aromatic carbocycles.